The second-order valence-corrected chi connectivity index (χ2v) is 4.70. The van der Waals surface area contributed by atoms with Crippen LogP contribution in [-0.2, 0) is 0 Å². The zero-order valence-corrected chi connectivity index (χ0v) is 12.2. The Balaban J connectivity index is 2.49. The highest BCUT2D eigenvalue weighted by Crippen LogP contribution is 2.35. The fraction of sp³-hybridized carbons (Fsp3) is 0.333. The molecule has 0 aliphatic rings. The largest absolute Gasteiger partial charge is 0.493 e. The van der Waals surface area contributed by atoms with Crippen molar-refractivity contribution in [3.05, 3.63) is 28.9 Å². The van der Waals surface area contributed by atoms with E-state index in [9.17, 15) is 0 Å². The zero-order chi connectivity index (χ0) is 14.5. The lowest BCUT2D eigenvalue weighted by Gasteiger charge is -2.12. The van der Waals surface area contributed by atoms with Gasteiger partial charge in [0.05, 0.1) is 29.8 Å². The molecule has 0 atom stereocenters. The molecule has 20 heavy (non-hydrogen) atoms. The van der Waals surface area contributed by atoms with E-state index in [2.05, 4.69) is 11.9 Å². The van der Waals surface area contributed by atoms with Crippen molar-refractivity contribution in [2.75, 3.05) is 13.7 Å². The number of ether oxygens (including phenoxy) is 2. The first-order valence-electron chi connectivity index (χ1n) is 6.40. The van der Waals surface area contributed by atoms with E-state index in [1.807, 2.05) is 6.07 Å². The standard InChI is InChI=1S/C15H15ClN2O2/c1-3-4-5-20-14-7-12-11(6-13(14)19-2)15(16)10(8-17)9-18-12/h6-7,9H,3-5H2,1-2H3. The van der Waals surface area contributed by atoms with Crippen molar-refractivity contribution >= 4 is 22.5 Å². The van der Waals surface area contributed by atoms with E-state index in [1.54, 1.807) is 19.2 Å². The number of pyridine rings is 1. The molecular formula is C15H15ClN2O2. The molecule has 0 amide bonds. The SMILES string of the molecule is CCCCOc1cc2ncc(C#N)c(Cl)c2cc1OC. The van der Waals surface area contributed by atoms with Crippen LogP contribution in [0, 0.1) is 11.3 Å². The zero-order valence-electron chi connectivity index (χ0n) is 11.4. The molecule has 4 nitrogen and oxygen atoms in total. The van der Waals surface area contributed by atoms with Gasteiger partial charge in [-0.2, -0.15) is 5.26 Å². The second-order valence-electron chi connectivity index (χ2n) is 4.32. The van der Waals surface area contributed by atoms with E-state index in [-0.39, 0.29) is 0 Å². The maximum atomic E-state index is 8.97. The third kappa shape index (κ3) is 2.78. The average molecular weight is 291 g/mol. The highest BCUT2D eigenvalue weighted by Gasteiger charge is 2.12. The van der Waals surface area contributed by atoms with Crippen LogP contribution in [0.3, 0.4) is 0 Å². The predicted molar refractivity (Wildman–Crippen MR) is 78.4 cm³/mol. The van der Waals surface area contributed by atoms with Crippen molar-refractivity contribution in [3.63, 3.8) is 0 Å². The molecule has 5 heteroatoms. The Morgan fingerprint density at radius 3 is 2.80 bits per heavy atom. The van der Waals surface area contributed by atoms with E-state index in [0.29, 0.717) is 39.6 Å². The van der Waals surface area contributed by atoms with Crippen LogP contribution in [0.5, 0.6) is 11.5 Å². The van der Waals surface area contributed by atoms with Crippen LogP contribution in [0.4, 0.5) is 0 Å². The van der Waals surface area contributed by atoms with Gasteiger partial charge in [0.1, 0.15) is 6.07 Å². The van der Waals surface area contributed by atoms with Crippen LogP contribution >= 0.6 is 11.6 Å². The van der Waals surface area contributed by atoms with E-state index in [1.165, 1.54) is 6.20 Å². The number of unbranched alkanes of at least 4 members (excludes halogenated alkanes) is 1. The summed E-state index contributed by atoms with van der Waals surface area (Å²) in [4.78, 5) is 4.23. The molecule has 0 saturated heterocycles. The minimum atomic E-state index is 0.348. The Morgan fingerprint density at radius 1 is 1.35 bits per heavy atom. The number of aromatic nitrogens is 1. The van der Waals surface area contributed by atoms with Crippen LogP contribution in [0.25, 0.3) is 10.9 Å². The predicted octanol–water partition coefficient (Wildman–Crippen LogP) is 3.95. The molecule has 0 N–H and O–H groups in total. The molecule has 0 unspecified atom stereocenters. The highest BCUT2D eigenvalue weighted by molar-refractivity contribution is 6.36. The van der Waals surface area contributed by atoms with Gasteiger partial charge in [-0.25, -0.2) is 0 Å². The number of nitrogens with zero attached hydrogens (tertiary/aromatic N) is 2. The van der Waals surface area contributed by atoms with Gasteiger partial charge in [0.25, 0.3) is 0 Å². The summed E-state index contributed by atoms with van der Waals surface area (Å²) in [5.74, 6) is 1.23. The molecule has 104 valence electrons. The maximum absolute atomic E-state index is 8.97. The molecular weight excluding hydrogens is 276 g/mol. The van der Waals surface area contributed by atoms with Gasteiger partial charge in [-0.05, 0) is 12.5 Å². The fourth-order valence-corrected chi connectivity index (χ4v) is 2.09. The normalized spacial score (nSPS) is 10.3. The number of benzene rings is 1. The van der Waals surface area contributed by atoms with Gasteiger partial charge < -0.3 is 9.47 Å². The van der Waals surface area contributed by atoms with Crippen LogP contribution in [0.15, 0.2) is 18.3 Å². The quantitative estimate of drug-likeness (QED) is 0.783. The molecule has 0 radical (unpaired) electrons. The van der Waals surface area contributed by atoms with E-state index >= 15 is 0 Å². The summed E-state index contributed by atoms with van der Waals surface area (Å²) in [5, 5.41) is 10.0. The van der Waals surface area contributed by atoms with Gasteiger partial charge in [0, 0.05) is 17.6 Å². The van der Waals surface area contributed by atoms with E-state index in [0.717, 1.165) is 12.8 Å². The first kappa shape index (κ1) is 14.4. The summed E-state index contributed by atoms with van der Waals surface area (Å²) in [6.45, 7) is 2.73. The smallest absolute Gasteiger partial charge is 0.163 e. The number of halogens is 1. The molecule has 1 aromatic heterocycles. The van der Waals surface area contributed by atoms with Gasteiger partial charge in [0.15, 0.2) is 11.5 Å². The van der Waals surface area contributed by atoms with Crippen LogP contribution in [0.1, 0.15) is 25.3 Å². The maximum Gasteiger partial charge on any atom is 0.163 e. The fourth-order valence-electron chi connectivity index (χ4n) is 1.84. The molecule has 1 aromatic carbocycles. The lowest BCUT2D eigenvalue weighted by Crippen LogP contribution is -1.99. The van der Waals surface area contributed by atoms with Crippen molar-refractivity contribution in [2.24, 2.45) is 0 Å². The van der Waals surface area contributed by atoms with Gasteiger partial charge in [-0.1, -0.05) is 24.9 Å². The van der Waals surface area contributed by atoms with Crippen LogP contribution in [-0.4, -0.2) is 18.7 Å². The molecule has 2 rings (SSSR count). The third-order valence-electron chi connectivity index (χ3n) is 2.96. The van der Waals surface area contributed by atoms with Crippen molar-refractivity contribution < 1.29 is 9.47 Å². The van der Waals surface area contributed by atoms with E-state index < -0.39 is 0 Å². The summed E-state index contributed by atoms with van der Waals surface area (Å²) in [7, 11) is 1.57. The minimum absolute atomic E-state index is 0.348. The highest BCUT2D eigenvalue weighted by atomic mass is 35.5. The van der Waals surface area contributed by atoms with Gasteiger partial charge in [0.2, 0.25) is 0 Å². The Bertz CT molecular complexity index is 665. The summed E-state index contributed by atoms with van der Waals surface area (Å²) in [5.41, 5.74) is 1.03. The number of nitriles is 1. The lowest BCUT2D eigenvalue weighted by molar-refractivity contribution is 0.289. The van der Waals surface area contributed by atoms with Gasteiger partial charge in [-0.15, -0.1) is 0 Å². The lowest BCUT2D eigenvalue weighted by atomic mass is 10.1. The van der Waals surface area contributed by atoms with Crippen molar-refractivity contribution in [3.8, 4) is 17.6 Å². The number of hydrogen-bond donors (Lipinski definition) is 0. The Kier molecular flexibility index (Phi) is 4.65. The topological polar surface area (TPSA) is 55.1 Å². The molecule has 0 spiro atoms. The molecule has 0 fully saturated rings. The number of rotatable bonds is 5. The van der Waals surface area contributed by atoms with Gasteiger partial charge in [-0.3, -0.25) is 4.98 Å². The molecule has 0 bridgehead atoms. The van der Waals surface area contributed by atoms with Crippen molar-refractivity contribution in [1.82, 2.24) is 4.98 Å². The molecule has 0 aliphatic heterocycles. The first-order valence-corrected chi connectivity index (χ1v) is 6.78. The number of fused-ring (bicyclic) bond motifs is 1. The minimum Gasteiger partial charge on any atom is -0.493 e. The Hall–Kier alpha value is -1.99. The average Bonchev–Trinajstić information content (AvgIpc) is 2.47. The van der Waals surface area contributed by atoms with E-state index in [4.69, 9.17) is 26.3 Å². The number of methoxy groups -OCH3 is 1. The Labute approximate surface area is 122 Å². The first-order chi connectivity index (χ1) is 9.71. The van der Waals surface area contributed by atoms with Crippen molar-refractivity contribution in [2.45, 2.75) is 19.8 Å². The van der Waals surface area contributed by atoms with Crippen LogP contribution < -0.4 is 9.47 Å². The van der Waals surface area contributed by atoms with Crippen molar-refractivity contribution in [1.29, 1.82) is 5.26 Å². The summed E-state index contributed by atoms with van der Waals surface area (Å²) in [6.07, 6.45) is 3.50. The number of hydrogen-bond acceptors (Lipinski definition) is 4. The summed E-state index contributed by atoms with van der Waals surface area (Å²) in [6, 6.07) is 5.56. The van der Waals surface area contributed by atoms with Crippen LogP contribution in [0.2, 0.25) is 5.02 Å². The third-order valence-corrected chi connectivity index (χ3v) is 3.37. The molecule has 1 heterocycles. The monoisotopic (exact) mass is 290 g/mol. The molecule has 0 saturated carbocycles. The molecule has 2 aromatic rings. The summed E-state index contributed by atoms with van der Waals surface area (Å²) >= 11 is 6.19. The molecule has 0 aliphatic carbocycles. The second kappa shape index (κ2) is 6.44. The van der Waals surface area contributed by atoms with Gasteiger partial charge >= 0.3 is 0 Å². The summed E-state index contributed by atoms with van der Waals surface area (Å²) < 4.78 is 11.0. The Morgan fingerprint density at radius 2 is 2.15 bits per heavy atom.